The second kappa shape index (κ2) is 4.29. The molecule has 0 unspecified atom stereocenters. The van der Waals surface area contributed by atoms with Crippen molar-refractivity contribution in [2.75, 3.05) is 0 Å². The van der Waals surface area contributed by atoms with Gasteiger partial charge in [0.05, 0.1) is 5.57 Å². The zero-order valence-electron chi connectivity index (χ0n) is 12.4. The topological polar surface area (TPSA) is 7.94 Å². The molecule has 2 aliphatic heterocycles. The number of rotatable bonds is 1. The van der Waals surface area contributed by atoms with E-state index in [0.29, 0.717) is 11.4 Å². The summed E-state index contributed by atoms with van der Waals surface area (Å²) in [5.41, 5.74) is 5.26. The third-order valence-corrected chi connectivity index (χ3v) is 4.39. The molecule has 0 N–H and O–H groups in total. The molecule has 0 saturated heterocycles. The second-order valence-corrected chi connectivity index (χ2v) is 5.88. The Hall–Kier alpha value is -2.43. The van der Waals surface area contributed by atoms with Gasteiger partial charge >= 0.3 is 6.97 Å². The van der Waals surface area contributed by atoms with Crippen molar-refractivity contribution >= 4 is 18.8 Å². The number of nitrogens with zero attached hydrogens (tertiary/aromatic N) is 2. The third-order valence-electron chi connectivity index (χ3n) is 4.39. The highest BCUT2D eigenvalue weighted by Crippen LogP contribution is 2.39. The molecule has 0 amide bonds. The summed E-state index contributed by atoms with van der Waals surface area (Å²) in [5, 5.41) is 0. The van der Waals surface area contributed by atoms with Gasteiger partial charge in [-0.25, -0.2) is 0 Å². The minimum absolute atomic E-state index is 0.572. The van der Waals surface area contributed by atoms with Crippen LogP contribution in [0.4, 0.5) is 8.63 Å². The van der Waals surface area contributed by atoms with Crippen LogP contribution in [0.5, 0.6) is 0 Å². The number of aryl methyl sites for hydroxylation is 2. The van der Waals surface area contributed by atoms with Crippen LogP contribution in [0.3, 0.4) is 0 Å². The van der Waals surface area contributed by atoms with Crippen molar-refractivity contribution in [3.8, 4) is 0 Å². The van der Waals surface area contributed by atoms with Crippen molar-refractivity contribution in [2.45, 2.75) is 13.8 Å². The van der Waals surface area contributed by atoms with E-state index in [2.05, 4.69) is 6.07 Å². The SMILES string of the molecule is Cc1ccc(C2=C3C=CC=[N+]3[B-](F)(F)n3cccc32)c(C)c1. The maximum Gasteiger partial charge on any atom is 0.737 e. The minimum atomic E-state index is -3.82. The predicted octanol–water partition coefficient (Wildman–Crippen LogP) is 3.75. The summed E-state index contributed by atoms with van der Waals surface area (Å²) in [6, 6.07) is 9.57. The summed E-state index contributed by atoms with van der Waals surface area (Å²) in [4.78, 5) is 0. The summed E-state index contributed by atoms with van der Waals surface area (Å²) in [7, 11) is 0. The van der Waals surface area contributed by atoms with E-state index in [-0.39, 0.29) is 0 Å². The fraction of sp³-hybridized carbons (Fsp3) is 0.118. The molecule has 3 heterocycles. The molecular weight excluding hydrogens is 281 g/mol. The lowest BCUT2D eigenvalue weighted by Crippen LogP contribution is -2.49. The van der Waals surface area contributed by atoms with Gasteiger partial charge in [0.25, 0.3) is 0 Å². The third kappa shape index (κ3) is 1.62. The van der Waals surface area contributed by atoms with Crippen LogP contribution in [0.2, 0.25) is 0 Å². The molecule has 1 aromatic carbocycles. The van der Waals surface area contributed by atoms with E-state index in [9.17, 15) is 8.63 Å². The van der Waals surface area contributed by atoms with Gasteiger partial charge < -0.3 is 17.6 Å². The van der Waals surface area contributed by atoms with Crippen LogP contribution in [0.15, 0.2) is 54.4 Å². The maximum absolute atomic E-state index is 14.7. The molecule has 2 aromatic rings. The van der Waals surface area contributed by atoms with Gasteiger partial charge in [0, 0.05) is 17.8 Å². The summed E-state index contributed by atoms with van der Waals surface area (Å²) in [6.45, 7) is 0.235. The van der Waals surface area contributed by atoms with Crippen LogP contribution in [-0.4, -0.2) is 22.1 Å². The highest BCUT2D eigenvalue weighted by Gasteiger charge is 2.51. The molecule has 0 saturated carbocycles. The lowest BCUT2D eigenvalue weighted by atomic mass is 9.85. The number of fused-ring (bicyclic) bond motifs is 2. The molecule has 0 atom stereocenters. The first kappa shape index (κ1) is 13.3. The Morgan fingerprint density at radius 2 is 1.95 bits per heavy atom. The Labute approximate surface area is 127 Å². The molecule has 1 aromatic heterocycles. The molecule has 5 heteroatoms. The van der Waals surface area contributed by atoms with Crippen molar-refractivity contribution in [2.24, 2.45) is 0 Å². The van der Waals surface area contributed by atoms with Crippen LogP contribution < -0.4 is 0 Å². The highest BCUT2D eigenvalue weighted by molar-refractivity contribution is 6.57. The summed E-state index contributed by atoms with van der Waals surface area (Å²) in [6.07, 6.45) is 6.37. The Morgan fingerprint density at radius 3 is 2.73 bits per heavy atom. The van der Waals surface area contributed by atoms with Crippen molar-refractivity contribution in [1.82, 2.24) is 4.48 Å². The van der Waals surface area contributed by atoms with E-state index in [1.807, 2.05) is 26.0 Å². The quantitative estimate of drug-likeness (QED) is 0.708. The first-order valence-electron chi connectivity index (χ1n) is 7.32. The predicted molar refractivity (Wildman–Crippen MR) is 85.2 cm³/mol. The van der Waals surface area contributed by atoms with E-state index < -0.39 is 6.97 Å². The number of hydrogen-bond acceptors (Lipinski definition) is 0. The highest BCUT2D eigenvalue weighted by atomic mass is 19.2. The molecule has 0 spiro atoms. The van der Waals surface area contributed by atoms with Crippen LogP contribution in [0.1, 0.15) is 22.4 Å². The van der Waals surface area contributed by atoms with Crippen LogP contribution >= 0.6 is 0 Å². The number of hydrogen-bond donors (Lipinski definition) is 0. The molecule has 0 bridgehead atoms. The van der Waals surface area contributed by atoms with Gasteiger partial charge in [-0.05, 0) is 43.3 Å². The van der Waals surface area contributed by atoms with E-state index in [4.69, 9.17) is 0 Å². The minimum Gasteiger partial charge on any atom is -0.396 e. The monoisotopic (exact) mass is 296 g/mol. The van der Waals surface area contributed by atoms with Gasteiger partial charge in [-0.1, -0.05) is 23.8 Å². The molecule has 4 rings (SSSR count). The Balaban J connectivity index is 2.07. The summed E-state index contributed by atoms with van der Waals surface area (Å²) < 4.78 is 31.6. The van der Waals surface area contributed by atoms with Gasteiger partial charge in [-0.2, -0.15) is 0 Å². The number of benzene rings is 1. The molecule has 2 nitrogen and oxygen atoms in total. The molecule has 22 heavy (non-hydrogen) atoms. The first-order chi connectivity index (χ1) is 10.5. The largest absolute Gasteiger partial charge is 0.737 e. The zero-order chi connectivity index (χ0) is 15.5. The van der Waals surface area contributed by atoms with Crippen molar-refractivity contribution < 1.29 is 13.1 Å². The van der Waals surface area contributed by atoms with Gasteiger partial charge in [-0.15, -0.1) is 0 Å². The Bertz CT molecular complexity index is 888. The normalized spacial score (nSPS) is 18.3. The summed E-state index contributed by atoms with van der Waals surface area (Å²) in [5.74, 6) is 0. The van der Waals surface area contributed by atoms with E-state index in [0.717, 1.165) is 31.2 Å². The van der Waals surface area contributed by atoms with Crippen LogP contribution in [0.25, 0.3) is 5.57 Å². The van der Waals surface area contributed by atoms with E-state index in [1.165, 1.54) is 12.4 Å². The number of halogens is 2. The maximum atomic E-state index is 14.7. The summed E-state index contributed by atoms with van der Waals surface area (Å²) >= 11 is 0. The van der Waals surface area contributed by atoms with Gasteiger partial charge in [0.2, 0.25) is 0 Å². The van der Waals surface area contributed by atoms with Gasteiger partial charge in [0.15, 0.2) is 5.70 Å². The average molecular weight is 296 g/mol. The lowest BCUT2D eigenvalue weighted by molar-refractivity contribution is -0.356. The Morgan fingerprint density at radius 1 is 1.14 bits per heavy atom. The van der Waals surface area contributed by atoms with Crippen molar-refractivity contribution in [1.29, 1.82) is 0 Å². The van der Waals surface area contributed by atoms with Crippen molar-refractivity contribution in [3.63, 3.8) is 0 Å². The fourth-order valence-corrected chi connectivity index (χ4v) is 3.39. The van der Waals surface area contributed by atoms with E-state index >= 15 is 0 Å². The van der Waals surface area contributed by atoms with Crippen LogP contribution in [-0.2, 0) is 0 Å². The molecule has 0 fully saturated rings. The fourth-order valence-electron chi connectivity index (χ4n) is 3.39. The standard InChI is InChI=1S/C17H15BF2N2/c1-12-7-8-14(13(2)11-12)17-15-5-3-9-21(15)18(19,20)22-10-4-6-16(17)22/h3-11H,1-2H3. The van der Waals surface area contributed by atoms with Crippen molar-refractivity contribution in [3.05, 3.63) is 76.8 Å². The molecule has 0 radical (unpaired) electrons. The molecule has 0 aliphatic carbocycles. The lowest BCUT2D eigenvalue weighted by Gasteiger charge is -2.31. The second-order valence-electron chi connectivity index (χ2n) is 5.88. The molecule has 2 aliphatic rings. The molecular formula is C17H15BF2N2. The Kier molecular flexibility index (Phi) is 2.58. The smallest absolute Gasteiger partial charge is 0.396 e. The first-order valence-corrected chi connectivity index (χ1v) is 7.32. The average Bonchev–Trinajstić information content (AvgIpc) is 3.11. The zero-order valence-corrected chi connectivity index (χ0v) is 12.4. The van der Waals surface area contributed by atoms with Gasteiger partial charge in [0.1, 0.15) is 6.21 Å². The number of aromatic nitrogens is 1. The van der Waals surface area contributed by atoms with Crippen LogP contribution in [0, 0.1) is 13.8 Å². The van der Waals surface area contributed by atoms with E-state index in [1.54, 1.807) is 24.3 Å². The van der Waals surface area contributed by atoms with Gasteiger partial charge in [-0.3, -0.25) is 0 Å². The number of allylic oxidation sites excluding steroid dienone is 2. The molecule has 110 valence electrons.